The minimum absolute atomic E-state index is 0.00234. The van der Waals surface area contributed by atoms with Crippen molar-refractivity contribution in [3.8, 4) is 0 Å². The van der Waals surface area contributed by atoms with Gasteiger partial charge in [0.25, 0.3) is 0 Å². The third-order valence-corrected chi connectivity index (χ3v) is 5.85. The number of aryl methyl sites for hydroxylation is 1. The van der Waals surface area contributed by atoms with Gasteiger partial charge >= 0.3 is 0 Å². The molecule has 130 valence electrons. The van der Waals surface area contributed by atoms with Crippen LogP contribution in [0.4, 0.5) is 0 Å². The van der Waals surface area contributed by atoms with Crippen LogP contribution in [0, 0.1) is 5.92 Å². The van der Waals surface area contributed by atoms with Crippen LogP contribution in [0.3, 0.4) is 0 Å². The molecule has 0 aromatic heterocycles. The number of carbonyl (C=O) groups is 2. The Balaban J connectivity index is 1.49. The number of amides is 2. The lowest BCUT2D eigenvalue weighted by molar-refractivity contribution is -0.142. The molecule has 24 heavy (non-hydrogen) atoms. The van der Waals surface area contributed by atoms with E-state index in [9.17, 15) is 9.59 Å². The smallest absolute Gasteiger partial charge is 0.227 e. The van der Waals surface area contributed by atoms with Crippen LogP contribution in [0.5, 0.6) is 0 Å². The third-order valence-electron chi connectivity index (χ3n) is 4.91. The van der Waals surface area contributed by atoms with E-state index in [2.05, 4.69) is 12.1 Å². The van der Waals surface area contributed by atoms with E-state index in [1.807, 2.05) is 39.8 Å². The Morgan fingerprint density at radius 3 is 2.67 bits per heavy atom. The summed E-state index contributed by atoms with van der Waals surface area (Å²) < 4.78 is 0. The maximum Gasteiger partial charge on any atom is 0.227 e. The van der Waals surface area contributed by atoms with Crippen LogP contribution in [0.25, 0.3) is 0 Å². The van der Waals surface area contributed by atoms with Crippen molar-refractivity contribution in [2.75, 3.05) is 37.7 Å². The Kier molecular flexibility index (Phi) is 6.18. The van der Waals surface area contributed by atoms with Crippen LogP contribution >= 0.6 is 11.8 Å². The summed E-state index contributed by atoms with van der Waals surface area (Å²) in [5.41, 5.74) is 1.31. The highest BCUT2D eigenvalue weighted by Crippen LogP contribution is 2.22. The zero-order valence-electron chi connectivity index (χ0n) is 14.2. The first-order chi connectivity index (χ1) is 11.7. The number of hydrogen-bond donors (Lipinski definition) is 0. The lowest BCUT2D eigenvalue weighted by Crippen LogP contribution is -2.49. The quantitative estimate of drug-likeness (QED) is 0.822. The van der Waals surface area contributed by atoms with Gasteiger partial charge in [-0.25, -0.2) is 0 Å². The lowest BCUT2D eigenvalue weighted by Gasteiger charge is -2.36. The van der Waals surface area contributed by atoms with E-state index in [-0.39, 0.29) is 17.7 Å². The van der Waals surface area contributed by atoms with E-state index in [4.69, 9.17) is 0 Å². The number of piperidine rings is 1. The molecule has 1 atom stereocenters. The maximum atomic E-state index is 12.7. The Labute approximate surface area is 148 Å². The fourth-order valence-electron chi connectivity index (χ4n) is 3.49. The number of thioether (sulfide) groups is 1. The van der Waals surface area contributed by atoms with Crippen LogP contribution in [0.15, 0.2) is 30.3 Å². The molecule has 4 nitrogen and oxygen atoms in total. The zero-order valence-corrected chi connectivity index (χ0v) is 15.0. The van der Waals surface area contributed by atoms with Gasteiger partial charge in [-0.2, -0.15) is 11.8 Å². The molecule has 2 saturated heterocycles. The molecule has 1 aromatic rings. The van der Waals surface area contributed by atoms with E-state index in [1.54, 1.807) is 0 Å². The van der Waals surface area contributed by atoms with Gasteiger partial charge in [-0.15, -0.1) is 0 Å². The molecule has 0 unspecified atom stereocenters. The Bertz CT molecular complexity index is 558. The minimum Gasteiger partial charge on any atom is -0.342 e. The number of nitrogens with zero attached hydrogens (tertiary/aromatic N) is 2. The van der Waals surface area contributed by atoms with E-state index >= 15 is 0 Å². The number of benzene rings is 1. The molecule has 1 aromatic carbocycles. The molecule has 2 fully saturated rings. The fraction of sp³-hybridized carbons (Fsp3) is 0.579. The summed E-state index contributed by atoms with van der Waals surface area (Å²) in [7, 11) is 0. The molecular formula is C19H26N2O2S. The van der Waals surface area contributed by atoms with Crippen molar-refractivity contribution in [2.24, 2.45) is 5.92 Å². The van der Waals surface area contributed by atoms with Gasteiger partial charge in [0, 0.05) is 44.1 Å². The van der Waals surface area contributed by atoms with Crippen molar-refractivity contribution in [3.05, 3.63) is 35.9 Å². The molecule has 0 radical (unpaired) electrons. The summed E-state index contributed by atoms with van der Waals surface area (Å²) in [6.07, 6.45) is 3.17. The predicted octanol–water partition coefficient (Wildman–Crippen LogP) is 2.43. The molecule has 5 heteroatoms. The first-order valence-electron chi connectivity index (χ1n) is 8.92. The lowest BCUT2D eigenvalue weighted by atomic mass is 9.95. The van der Waals surface area contributed by atoms with Crippen LogP contribution in [0.1, 0.15) is 24.8 Å². The Morgan fingerprint density at radius 1 is 1.17 bits per heavy atom. The van der Waals surface area contributed by atoms with Crippen molar-refractivity contribution >= 4 is 23.6 Å². The molecule has 0 N–H and O–H groups in total. The molecule has 2 heterocycles. The molecule has 2 amide bonds. The average molecular weight is 346 g/mol. The fourth-order valence-corrected chi connectivity index (χ4v) is 4.40. The highest BCUT2D eigenvalue weighted by Gasteiger charge is 2.32. The van der Waals surface area contributed by atoms with Gasteiger partial charge in [-0.1, -0.05) is 30.3 Å². The first-order valence-corrected chi connectivity index (χ1v) is 10.1. The summed E-state index contributed by atoms with van der Waals surface area (Å²) in [6.45, 7) is 3.09. The topological polar surface area (TPSA) is 40.6 Å². The number of rotatable bonds is 5. The van der Waals surface area contributed by atoms with E-state index in [0.717, 1.165) is 50.4 Å². The molecule has 0 spiro atoms. The van der Waals surface area contributed by atoms with Crippen LogP contribution in [-0.4, -0.2) is 59.3 Å². The molecule has 3 rings (SSSR count). The van der Waals surface area contributed by atoms with Gasteiger partial charge in [0.05, 0.1) is 5.92 Å². The van der Waals surface area contributed by atoms with Crippen molar-refractivity contribution in [2.45, 2.75) is 25.7 Å². The molecule has 2 aliphatic heterocycles. The van der Waals surface area contributed by atoms with Gasteiger partial charge in [-0.3, -0.25) is 9.59 Å². The summed E-state index contributed by atoms with van der Waals surface area (Å²) in [4.78, 5) is 28.8. The molecular weight excluding hydrogens is 320 g/mol. The Morgan fingerprint density at radius 2 is 1.92 bits per heavy atom. The highest BCUT2D eigenvalue weighted by molar-refractivity contribution is 7.99. The number of likely N-dealkylation sites (tertiary alicyclic amines) is 1. The Hall–Kier alpha value is -1.49. The van der Waals surface area contributed by atoms with E-state index < -0.39 is 0 Å². The van der Waals surface area contributed by atoms with Gasteiger partial charge < -0.3 is 9.80 Å². The molecule has 0 aliphatic carbocycles. The van der Waals surface area contributed by atoms with Crippen molar-refractivity contribution in [1.29, 1.82) is 0 Å². The average Bonchev–Trinajstić information content (AvgIpc) is 2.64. The predicted molar refractivity (Wildman–Crippen MR) is 98.0 cm³/mol. The second kappa shape index (κ2) is 8.56. The summed E-state index contributed by atoms with van der Waals surface area (Å²) >= 11 is 1.91. The van der Waals surface area contributed by atoms with E-state index in [0.29, 0.717) is 13.0 Å². The molecule has 0 bridgehead atoms. The van der Waals surface area contributed by atoms with Crippen molar-refractivity contribution in [1.82, 2.24) is 9.80 Å². The number of hydrogen-bond acceptors (Lipinski definition) is 3. The zero-order chi connectivity index (χ0) is 16.8. The summed E-state index contributed by atoms with van der Waals surface area (Å²) in [6, 6.07) is 10.4. The van der Waals surface area contributed by atoms with Gasteiger partial charge in [-0.05, 0) is 24.8 Å². The monoisotopic (exact) mass is 346 g/mol. The van der Waals surface area contributed by atoms with Crippen LogP contribution < -0.4 is 0 Å². The minimum atomic E-state index is 0.00234. The van der Waals surface area contributed by atoms with Gasteiger partial charge in [0.15, 0.2) is 0 Å². The van der Waals surface area contributed by atoms with Crippen molar-refractivity contribution in [3.63, 3.8) is 0 Å². The summed E-state index contributed by atoms with van der Waals surface area (Å²) in [5, 5.41) is 0. The molecule has 0 saturated carbocycles. The van der Waals surface area contributed by atoms with Crippen LogP contribution in [0.2, 0.25) is 0 Å². The van der Waals surface area contributed by atoms with Gasteiger partial charge in [0.1, 0.15) is 0 Å². The standard InChI is InChI=1S/C19H26N2O2S/c22-18-9-8-17(19(23)20-11-13-24-14-12-20)15-21(18)10-4-7-16-5-2-1-3-6-16/h1-3,5-6,17H,4,7-15H2/t17-/m0/s1. The first kappa shape index (κ1) is 17.3. The largest absolute Gasteiger partial charge is 0.342 e. The summed E-state index contributed by atoms with van der Waals surface area (Å²) in [5.74, 6) is 2.55. The second-order valence-electron chi connectivity index (χ2n) is 6.60. The number of carbonyl (C=O) groups excluding carboxylic acids is 2. The molecule has 2 aliphatic rings. The van der Waals surface area contributed by atoms with Gasteiger partial charge in [0.2, 0.25) is 11.8 Å². The SMILES string of the molecule is O=C1CC[C@H](C(=O)N2CCSCC2)CN1CCCc1ccccc1. The second-order valence-corrected chi connectivity index (χ2v) is 7.83. The maximum absolute atomic E-state index is 12.7. The van der Waals surface area contributed by atoms with Crippen LogP contribution in [-0.2, 0) is 16.0 Å². The normalized spacial score (nSPS) is 21.8. The van der Waals surface area contributed by atoms with E-state index in [1.165, 1.54) is 5.56 Å². The van der Waals surface area contributed by atoms with Crippen molar-refractivity contribution < 1.29 is 9.59 Å². The highest BCUT2D eigenvalue weighted by atomic mass is 32.2. The third kappa shape index (κ3) is 4.53.